The molecule has 4 fully saturated rings. The van der Waals surface area contributed by atoms with E-state index in [4.69, 9.17) is 4.74 Å². The number of nitrogens with zero attached hydrogens (tertiary/aromatic N) is 3. The molecule has 0 saturated heterocycles. The van der Waals surface area contributed by atoms with Crippen molar-refractivity contribution in [1.29, 1.82) is 5.26 Å². The van der Waals surface area contributed by atoms with Gasteiger partial charge in [-0.05, 0) is 82.1 Å². The minimum absolute atomic E-state index is 0.112. The molecule has 0 spiro atoms. The highest BCUT2D eigenvalue weighted by molar-refractivity contribution is 5.68. The van der Waals surface area contributed by atoms with Gasteiger partial charge in [0.15, 0.2) is 0 Å². The van der Waals surface area contributed by atoms with Gasteiger partial charge in [-0.3, -0.25) is 0 Å². The Hall–Kier alpha value is -3.41. The molecular weight excluding hydrogens is 471 g/mol. The molecule has 9 heteroatoms. The number of benzene rings is 1. The van der Waals surface area contributed by atoms with E-state index in [1.165, 1.54) is 12.3 Å². The third kappa shape index (κ3) is 5.63. The predicted molar refractivity (Wildman–Crippen MR) is 138 cm³/mol. The summed E-state index contributed by atoms with van der Waals surface area (Å²) in [4.78, 5) is 21.3. The van der Waals surface area contributed by atoms with Crippen molar-refractivity contribution in [2.45, 2.75) is 71.1 Å². The third-order valence-corrected chi connectivity index (χ3v) is 8.02. The summed E-state index contributed by atoms with van der Waals surface area (Å²) in [5, 5.41) is 19.3. The van der Waals surface area contributed by atoms with Crippen LogP contribution < -0.4 is 16.0 Å². The standard InChI is InChI=1S/C28H35FN6O2/c1-27(2,3)37-26(36)34-23-19-8-17-9-20(23)12-28(10-17,11-19)16-33-24-21(13-30)15-32-25(35-24)31-14-18-6-4-5-7-22(18)29/h4-7,15,17,19-20,23H,8-12,14,16H2,1-3H3,(H,34,36)(H2,31,32,33,35)/t17?,19-,20+,23?,28?. The Kier molecular flexibility index (Phi) is 6.69. The molecule has 4 aliphatic rings. The Morgan fingerprint density at radius 3 is 2.59 bits per heavy atom. The minimum atomic E-state index is -0.514. The lowest BCUT2D eigenvalue weighted by Crippen LogP contribution is -2.60. The van der Waals surface area contributed by atoms with Crippen LogP contribution in [0.3, 0.4) is 0 Å². The Morgan fingerprint density at radius 2 is 1.92 bits per heavy atom. The first-order chi connectivity index (χ1) is 17.6. The zero-order valence-corrected chi connectivity index (χ0v) is 21.7. The maximum Gasteiger partial charge on any atom is 0.407 e. The highest BCUT2D eigenvalue weighted by Crippen LogP contribution is 2.60. The van der Waals surface area contributed by atoms with Gasteiger partial charge in [-0.15, -0.1) is 0 Å². The molecule has 37 heavy (non-hydrogen) atoms. The number of ether oxygens (including phenoxy) is 1. The Labute approximate surface area is 217 Å². The molecule has 1 aromatic carbocycles. The molecule has 0 aliphatic heterocycles. The minimum Gasteiger partial charge on any atom is -0.444 e. The molecule has 0 radical (unpaired) electrons. The number of hydrogen-bond donors (Lipinski definition) is 3. The van der Waals surface area contributed by atoms with Gasteiger partial charge in [0.25, 0.3) is 0 Å². The summed E-state index contributed by atoms with van der Waals surface area (Å²) in [6.07, 6.45) is 6.65. The Bertz CT molecular complexity index is 1190. The first-order valence-electron chi connectivity index (χ1n) is 13.1. The first-order valence-corrected chi connectivity index (χ1v) is 13.1. The van der Waals surface area contributed by atoms with Crippen molar-refractivity contribution in [3.05, 3.63) is 47.4 Å². The zero-order valence-electron chi connectivity index (χ0n) is 21.7. The van der Waals surface area contributed by atoms with Crippen molar-refractivity contribution < 1.29 is 13.9 Å². The number of hydrogen-bond acceptors (Lipinski definition) is 7. The quantitative estimate of drug-likeness (QED) is 0.471. The first kappa shape index (κ1) is 25.2. The number of alkyl carbamates (subject to hydrolysis) is 1. The van der Waals surface area contributed by atoms with Crippen molar-refractivity contribution >= 4 is 17.9 Å². The fourth-order valence-electron chi connectivity index (χ4n) is 6.86. The molecule has 8 nitrogen and oxygen atoms in total. The summed E-state index contributed by atoms with van der Waals surface area (Å²) in [5.74, 6) is 2.07. The summed E-state index contributed by atoms with van der Waals surface area (Å²) in [7, 11) is 0. The second kappa shape index (κ2) is 9.81. The van der Waals surface area contributed by atoms with E-state index in [-0.39, 0.29) is 29.9 Å². The summed E-state index contributed by atoms with van der Waals surface area (Å²) in [5.41, 5.74) is 0.500. The summed E-state index contributed by atoms with van der Waals surface area (Å²) < 4.78 is 19.5. The second-order valence-electron chi connectivity index (χ2n) is 12.0. The average molecular weight is 507 g/mol. The van der Waals surface area contributed by atoms with E-state index in [1.807, 2.05) is 20.8 Å². The lowest BCUT2D eigenvalue weighted by atomic mass is 9.48. The van der Waals surface area contributed by atoms with Crippen LogP contribution in [0.1, 0.15) is 64.0 Å². The summed E-state index contributed by atoms with van der Waals surface area (Å²) >= 11 is 0. The van der Waals surface area contributed by atoms with E-state index in [1.54, 1.807) is 18.2 Å². The third-order valence-electron chi connectivity index (χ3n) is 8.02. The fraction of sp³-hybridized carbons (Fsp3) is 0.571. The molecule has 3 N–H and O–H groups in total. The molecule has 4 saturated carbocycles. The molecule has 5 atom stereocenters. The van der Waals surface area contributed by atoms with E-state index in [9.17, 15) is 14.4 Å². The van der Waals surface area contributed by atoms with Crippen molar-refractivity contribution in [1.82, 2.24) is 15.3 Å². The van der Waals surface area contributed by atoms with Crippen LogP contribution in [-0.4, -0.2) is 34.2 Å². The highest BCUT2D eigenvalue weighted by Gasteiger charge is 2.55. The van der Waals surface area contributed by atoms with Gasteiger partial charge >= 0.3 is 6.09 Å². The molecule has 4 bridgehead atoms. The summed E-state index contributed by atoms with van der Waals surface area (Å²) in [6, 6.07) is 8.90. The fourth-order valence-corrected chi connectivity index (χ4v) is 6.86. The van der Waals surface area contributed by atoms with Gasteiger partial charge in [-0.1, -0.05) is 18.2 Å². The van der Waals surface area contributed by atoms with Gasteiger partial charge < -0.3 is 20.7 Å². The Morgan fingerprint density at radius 1 is 1.19 bits per heavy atom. The lowest BCUT2D eigenvalue weighted by molar-refractivity contribution is -0.0703. The van der Waals surface area contributed by atoms with E-state index in [0.717, 1.165) is 32.1 Å². The largest absolute Gasteiger partial charge is 0.444 e. The number of nitriles is 1. The van der Waals surface area contributed by atoms with Gasteiger partial charge in [-0.25, -0.2) is 14.2 Å². The number of halogens is 1. The van der Waals surface area contributed by atoms with Crippen molar-refractivity contribution in [2.24, 2.45) is 23.2 Å². The number of aromatic nitrogens is 2. The molecule has 1 aromatic heterocycles. The summed E-state index contributed by atoms with van der Waals surface area (Å²) in [6.45, 7) is 6.61. The normalized spacial score (nSPS) is 27.9. The van der Waals surface area contributed by atoms with Crippen molar-refractivity contribution in [2.75, 3.05) is 17.2 Å². The monoisotopic (exact) mass is 506 g/mol. The number of rotatable bonds is 7. The predicted octanol–water partition coefficient (Wildman–Crippen LogP) is 5.23. The zero-order chi connectivity index (χ0) is 26.2. The molecule has 2 aromatic rings. The van der Waals surface area contributed by atoms with Gasteiger partial charge in [0.1, 0.15) is 28.9 Å². The van der Waals surface area contributed by atoms with Crippen LogP contribution in [0.25, 0.3) is 0 Å². The van der Waals surface area contributed by atoms with Gasteiger partial charge in [0.2, 0.25) is 5.95 Å². The molecule has 6 rings (SSSR count). The average Bonchev–Trinajstić information content (AvgIpc) is 2.83. The van der Waals surface area contributed by atoms with Crippen LogP contribution in [0.15, 0.2) is 30.5 Å². The maximum absolute atomic E-state index is 14.0. The number of nitrogens with one attached hydrogen (secondary N) is 3. The smallest absolute Gasteiger partial charge is 0.407 e. The molecule has 1 heterocycles. The van der Waals surface area contributed by atoms with Gasteiger partial charge in [-0.2, -0.15) is 10.2 Å². The van der Waals surface area contributed by atoms with Crippen LogP contribution in [-0.2, 0) is 11.3 Å². The van der Waals surface area contributed by atoms with Crippen molar-refractivity contribution in [3.8, 4) is 6.07 Å². The number of amides is 1. The lowest BCUT2D eigenvalue weighted by Gasteiger charge is -2.60. The van der Waals surface area contributed by atoms with E-state index < -0.39 is 5.60 Å². The SMILES string of the molecule is CC(C)(C)OC(=O)NC1[C@@H]2CC3C[C@H]1CC(CNc1nc(NCc4ccccc4F)ncc1C#N)(C3)C2. The highest BCUT2D eigenvalue weighted by atomic mass is 19.1. The topological polar surface area (TPSA) is 112 Å². The van der Waals surface area contributed by atoms with Crippen LogP contribution in [0.5, 0.6) is 0 Å². The Balaban J connectivity index is 1.24. The van der Waals surface area contributed by atoms with Crippen LogP contribution >= 0.6 is 0 Å². The van der Waals surface area contributed by atoms with E-state index >= 15 is 0 Å². The molecule has 196 valence electrons. The van der Waals surface area contributed by atoms with Crippen LogP contribution in [0.4, 0.5) is 21.0 Å². The van der Waals surface area contributed by atoms with Gasteiger partial charge in [0.05, 0.1) is 6.20 Å². The number of carbonyl (C=O) groups excluding carboxylic acids is 1. The molecule has 3 unspecified atom stereocenters. The number of anilines is 2. The van der Waals surface area contributed by atoms with Crippen molar-refractivity contribution in [3.63, 3.8) is 0 Å². The molecule has 1 amide bonds. The number of carbonyl (C=O) groups is 1. The second-order valence-corrected chi connectivity index (χ2v) is 12.0. The van der Waals surface area contributed by atoms with E-state index in [2.05, 4.69) is 32.0 Å². The van der Waals surface area contributed by atoms with Gasteiger partial charge in [0, 0.05) is 24.7 Å². The van der Waals surface area contributed by atoms with Crippen LogP contribution in [0, 0.1) is 40.3 Å². The maximum atomic E-state index is 14.0. The van der Waals surface area contributed by atoms with E-state index in [0.29, 0.717) is 47.2 Å². The molecule has 4 aliphatic carbocycles. The van der Waals surface area contributed by atoms with Crippen LogP contribution in [0.2, 0.25) is 0 Å². The molecular formula is C28H35FN6O2.